The number of phenolic OH excluding ortho intramolecular Hbond substituents is 1. The molecule has 0 aliphatic heterocycles. The Morgan fingerprint density at radius 2 is 1.72 bits per heavy atom. The Kier molecular flexibility index (Phi) is 9.55. The van der Waals surface area contributed by atoms with Crippen molar-refractivity contribution in [2.45, 2.75) is 50.3 Å². The summed E-state index contributed by atoms with van der Waals surface area (Å²) in [5.41, 5.74) is 3.86. The molecule has 1 aromatic carbocycles. The fourth-order valence-electron chi connectivity index (χ4n) is 7.16. The fourth-order valence-corrected chi connectivity index (χ4v) is 7.16. The second-order valence-corrected chi connectivity index (χ2v) is 12.0. The lowest BCUT2D eigenvalue weighted by molar-refractivity contribution is -0.181. The number of benzene rings is 1. The number of fused-ring (bicyclic) bond motifs is 3. The number of nitrogens with two attached hydrogens (primary N) is 1. The first-order valence-electron chi connectivity index (χ1n) is 14.2. The van der Waals surface area contributed by atoms with E-state index in [4.69, 9.17) is 19.9 Å². The predicted octanol–water partition coefficient (Wildman–Crippen LogP) is -0.677. The van der Waals surface area contributed by atoms with Crippen LogP contribution in [0.3, 0.4) is 0 Å². The number of hydrogen-bond acceptors (Lipinski definition) is 12. The van der Waals surface area contributed by atoms with Gasteiger partial charge in [-0.3, -0.25) is 33.8 Å². The molecule has 13 nitrogen and oxygen atoms in total. The fraction of sp³-hybridized carbons (Fsp3) is 0.633. The highest BCUT2D eigenvalue weighted by molar-refractivity contribution is 6.32. The molecule has 0 radical (unpaired) electrons. The smallest absolute Gasteiger partial charge is 0.235 e. The lowest BCUT2D eigenvalue weighted by atomic mass is 9.52. The van der Waals surface area contributed by atoms with Crippen molar-refractivity contribution in [2.75, 3.05) is 48.5 Å². The van der Waals surface area contributed by atoms with Crippen molar-refractivity contribution in [1.29, 1.82) is 0 Å². The second-order valence-electron chi connectivity index (χ2n) is 12.0. The van der Waals surface area contributed by atoms with E-state index in [2.05, 4.69) is 0 Å². The molecule has 3 aliphatic rings. The number of phenols is 1. The number of carbonyl (C=O) groups is 5. The van der Waals surface area contributed by atoms with Gasteiger partial charge in [0.1, 0.15) is 5.75 Å². The third-order valence-electron chi connectivity index (χ3n) is 9.29. The first kappa shape index (κ1) is 32.8. The van der Waals surface area contributed by atoms with Crippen molar-refractivity contribution in [1.82, 2.24) is 9.80 Å². The lowest BCUT2D eigenvalue weighted by Crippen LogP contribution is -2.74. The van der Waals surface area contributed by atoms with E-state index in [1.165, 1.54) is 25.2 Å². The molecular formula is C30H41N3O10. The molecule has 2 fully saturated rings. The number of hydrogen-bond donors (Lipinski definition) is 3. The van der Waals surface area contributed by atoms with Crippen LogP contribution in [0, 0.1) is 23.7 Å². The molecule has 7 atom stereocenters. The molecule has 4 rings (SSSR count). The van der Waals surface area contributed by atoms with Gasteiger partial charge < -0.3 is 30.2 Å². The maximum absolute atomic E-state index is 14.0. The number of likely N-dealkylation sites (N-methyl/N-ethyl adjacent to an activating group) is 1. The molecule has 3 aliphatic carbocycles. The number of nitrogens with zero attached hydrogens (tertiary/aromatic N) is 2. The molecule has 0 aromatic heterocycles. The molecule has 0 spiro atoms. The number of carbonyl (C=O) groups excluding carboxylic acids is 5. The highest BCUT2D eigenvalue weighted by atomic mass is 16.7. The molecule has 0 saturated heterocycles. The maximum Gasteiger partial charge on any atom is 0.235 e. The van der Waals surface area contributed by atoms with Gasteiger partial charge in [0.2, 0.25) is 5.91 Å². The number of primary amides is 1. The number of rotatable bonds is 11. The highest BCUT2D eigenvalue weighted by Crippen LogP contribution is 2.51. The van der Waals surface area contributed by atoms with Crippen molar-refractivity contribution in [3.8, 4) is 5.75 Å². The van der Waals surface area contributed by atoms with Gasteiger partial charge >= 0.3 is 0 Å². The van der Waals surface area contributed by atoms with Crippen LogP contribution in [-0.2, 0) is 46.4 Å². The Hall–Kier alpha value is -3.07. The van der Waals surface area contributed by atoms with Crippen LogP contribution in [0.5, 0.6) is 5.75 Å². The van der Waals surface area contributed by atoms with E-state index < -0.39 is 70.6 Å². The first-order chi connectivity index (χ1) is 20.2. The van der Waals surface area contributed by atoms with Gasteiger partial charge in [0.05, 0.1) is 23.6 Å². The van der Waals surface area contributed by atoms with Gasteiger partial charge in [-0.15, -0.1) is 0 Å². The Morgan fingerprint density at radius 3 is 2.28 bits per heavy atom. The van der Waals surface area contributed by atoms with Gasteiger partial charge in [-0.25, -0.2) is 0 Å². The van der Waals surface area contributed by atoms with E-state index in [0.29, 0.717) is 25.2 Å². The third kappa shape index (κ3) is 5.54. The number of aromatic hydroxyl groups is 1. The average molecular weight is 604 g/mol. The van der Waals surface area contributed by atoms with Gasteiger partial charge in [-0.1, -0.05) is 6.07 Å². The zero-order chi connectivity index (χ0) is 32.0. The standard InChI is InChI=1S/C30H41N3O10/c1-14(41-4)11-33(13-20(42-5)43-6)12-15-7-8-19(34)22-17(15)9-16-10-18-24(32(2)3)26(36)23(29(31)39)28(38)30(18,40)27(37)21(16)25(22)35/h7-8,14,16,18,20-21,23-24,34,40H,9-13H2,1-6H3,(H2,31,39)/t14?,16-,18-,21?,23?,24+,30-/m0/s1. The van der Waals surface area contributed by atoms with Crippen LogP contribution in [0.4, 0.5) is 0 Å². The zero-order valence-corrected chi connectivity index (χ0v) is 25.4. The van der Waals surface area contributed by atoms with Crippen LogP contribution in [0.15, 0.2) is 12.1 Å². The number of aliphatic hydroxyl groups is 1. The molecule has 1 aromatic rings. The number of Topliss-reactive ketones (excluding diaryl/α,β-unsaturated/α-hetero) is 4. The van der Waals surface area contributed by atoms with Gasteiger partial charge in [-0.2, -0.15) is 0 Å². The molecule has 4 N–H and O–H groups in total. The highest BCUT2D eigenvalue weighted by Gasteiger charge is 2.69. The first-order valence-corrected chi connectivity index (χ1v) is 14.2. The minimum Gasteiger partial charge on any atom is -0.507 e. The number of ketones is 4. The molecule has 2 saturated carbocycles. The zero-order valence-electron chi connectivity index (χ0n) is 25.4. The topological polar surface area (TPSA) is 186 Å². The van der Waals surface area contributed by atoms with E-state index in [1.54, 1.807) is 27.3 Å². The van der Waals surface area contributed by atoms with E-state index in [0.717, 1.165) is 5.56 Å². The summed E-state index contributed by atoms with van der Waals surface area (Å²) in [5.74, 6) is -10.7. The summed E-state index contributed by atoms with van der Waals surface area (Å²) >= 11 is 0. The maximum atomic E-state index is 14.0. The SMILES string of the molecule is COC(C)CN(Cc1ccc(O)c2c1C[C@H]1C[C@H]3[C@@H](N(C)C)C(=O)C(C(N)=O)C(=O)[C@@]3(O)C(=O)C1C2=O)CC(OC)OC. The Morgan fingerprint density at radius 1 is 1.07 bits per heavy atom. The van der Waals surface area contributed by atoms with Crippen LogP contribution in [0.2, 0.25) is 0 Å². The molecular weight excluding hydrogens is 562 g/mol. The Labute approximate surface area is 250 Å². The van der Waals surface area contributed by atoms with E-state index in [1.807, 2.05) is 11.8 Å². The minimum atomic E-state index is -2.76. The summed E-state index contributed by atoms with van der Waals surface area (Å²) in [4.78, 5) is 70.3. The normalized spacial score (nSPS) is 29.6. The van der Waals surface area contributed by atoms with E-state index >= 15 is 0 Å². The van der Waals surface area contributed by atoms with Gasteiger partial charge in [0.15, 0.2) is 40.9 Å². The number of amides is 1. The summed E-state index contributed by atoms with van der Waals surface area (Å²) in [5, 5.41) is 22.6. The van der Waals surface area contributed by atoms with Crippen molar-refractivity contribution >= 4 is 29.0 Å². The minimum absolute atomic E-state index is 0.0150. The number of methoxy groups -OCH3 is 3. The monoisotopic (exact) mass is 603 g/mol. The summed E-state index contributed by atoms with van der Waals surface area (Å²) in [7, 11) is 7.76. The van der Waals surface area contributed by atoms with Gasteiger partial charge in [0, 0.05) is 46.9 Å². The Balaban J connectivity index is 1.77. The van der Waals surface area contributed by atoms with Crippen molar-refractivity contribution in [3.63, 3.8) is 0 Å². The van der Waals surface area contributed by atoms with Crippen LogP contribution in [-0.4, -0.2) is 122 Å². The molecule has 0 heterocycles. The van der Waals surface area contributed by atoms with Gasteiger partial charge in [0.25, 0.3) is 0 Å². The summed E-state index contributed by atoms with van der Waals surface area (Å²) < 4.78 is 16.3. The largest absolute Gasteiger partial charge is 0.507 e. The van der Waals surface area contributed by atoms with E-state index in [-0.39, 0.29) is 30.3 Å². The molecule has 1 amide bonds. The second kappa shape index (κ2) is 12.5. The molecule has 13 heteroatoms. The quantitative estimate of drug-likeness (QED) is 0.214. The number of ether oxygens (including phenoxy) is 3. The van der Waals surface area contributed by atoms with Crippen molar-refractivity contribution < 1.29 is 48.4 Å². The lowest BCUT2D eigenvalue weighted by Gasteiger charge is -2.52. The predicted molar refractivity (Wildman–Crippen MR) is 151 cm³/mol. The third-order valence-corrected chi connectivity index (χ3v) is 9.29. The average Bonchev–Trinajstić information content (AvgIpc) is 2.94. The molecule has 43 heavy (non-hydrogen) atoms. The summed E-state index contributed by atoms with van der Waals surface area (Å²) in [6, 6.07) is 1.95. The molecule has 3 unspecified atom stereocenters. The summed E-state index contributed by atoms with van der Waals surface area (Å²) in [6.45, 7) is 3.12. The Bertz CT molecular complexity index is 1310. The van der Waals surface area contributed by atoms with Gasteiger partial charge in [-0.05, 0) is 57.0 Å². The van der Waals surface area contributed by atoms with Crippen LogP contribution in [0.25, 0.3) is 0 Å². The van der Waals surface area contributed by atoms with Crippen molar-refractivity contribution in [2.24, 2.45) is 29.4 Å². The van der Waals surface area contributed by atoms with Crippen LogP contribution >= 0.6 is 0 Å². The molecule has 0 bridgehead atoms. The van der Waals surface area contributed by atoms with Crippen molar-refractivity contribution in [3.05, 3.63) is 28.8 Å². The summed E-state index contributed by atoms with van der Waals surface area (Å²) in [6.07, 6.45) is -0.513. The molecule has 236 valence electrons. The van der Waals surface area contributed by atoms with E-state index in [9.17, 15) is 34.2 Å². The van der Waals surface area contributed by atoms with Crippen LogP contribution < -0.4 is 5.73 Å². The van der Waals surface area contributed by atoms with Crippen LogP contribution in [0.1, 0.15) is 34.8 Å².